The molecule has 7 aromatic carbocycles. The molecule has 0 N–H and O–H groups in total. The van der Waals surface area contributed by atoms with Crippen LogP contribution in [0.2, 0.25) is 0 Å². The van der Waals surface area contributed by atoms with Gasteiger partial charge < -0.3 is 9.64 Å². The number of rotatable bonds is 6. The quantitative estimate of drug-likeness (QED) is 0.180. The molecule has 0 spiro atoms. The van der Waals surface area contributed by atoms with Gasteiger partial charge in [-0.3, -0.25) is 0 Å². The van der Waals surface area contributed by atoms with E-state index in [2.05, 4.69) is 146 Å². The van der Waals surface area contributed by atoms with Crippen LogP contribution >= 0.6 is 0 Å². The summed E-state index contributed by atoms with van der Waals surface area (Å²) >= 11 is 0. The Hall–Kier alpha value is -5.93. The molecule has 1 atom stereocenters. The summed E-state index contributed by atoms with van der Waals surface area (Å²) < 4.78 is 21.8. The van der Waals surface area contributed by atoms with Crippen LogP contribution in [-0.4, -0.2) is 0 Å². The minimum atomic E-state index is -0.983. The number of ether oxygens (including phenoxy) is 1. The van der Waals surface area contributed by atoms with Gasteiger partial charge in [0.05, 0.1) is 0 Å². The molecule has 0 bridgehead atoms. The lowest BCUT2D eigenvalue weighted by Gasteiger charge is -2.38. The predicted octanol–water partition coefficient (Wildman–Crippen LogP) is 12.6. The van der Waals surface area contributed by atoms with Gasteiger partial charge in [0.1, 0.15) is 11.6 Å². The Morgan fingerprint density at radius 2 is 1.12 bits per heavy atom. The van der Waals surface area contributed by atoms with Gasteiger partial charge in [-0.15, -0.1) is 0 Å². The molecule has 3 heteroatoms. The Morgan fingerprint density at radius 3 is 1.76 bits per heavy atom. The third-order valence-corrected chi connectivity index (χ3v) is 10.0. The van der Waals surface area contributed by atoms with E-state index in [-0.39, 0.29) is 11.7 Å². The maximum Gasteiger partial charge on any atom is 0.178 e. The molecule has 0 amide bonds. The maximum absolute atomic E-state index is 14.4. The summed E-state index contributed by atoms with van der Waals surface area (Å²) in [7, 11) is 0. The van der Waals surface area contributed by atoms with E-state index in [9.17, 15) is 4.39 Å². The lowest BCUT2D eigenvalue weighted by molar-refractivity contribution is 0.163. The second kappa shape index (κ2) is 11.4. The van der Waals surface area contributed by atoms with Crippen LogP contribution < -0.4 is 9.64 Å². The molecular formula is C46H34FNO. The second-order valence-electron chi connectivity index (χ2n) is 13.2. The minimum absolute atomic E-state index is 0.264. The molecule has 2 aliphatic rings. The van der Waals surface area contributed by atoms with Gasteiger partial charge in [-0.05, 0) is 88.3 Å². The van der Waals surface area contributed by atoms with Gasteiger partial charge in [-0.2, -0.15) is 0 Å². The van der Waals surface area contributed by atoms with E-state index in [1.54, 1.807) is 0 Å². The first-order valence-corrected chi connectivity index (χ1v) is 16.9. The van der Waals surface area contributed by atoms with Crippen molar-refractivity contribution in [2.45, 2.75) is 25.4 Å². The van der Waals surface area contributed by atoms with Crippen LogP contribution in [0.1, 0.15) is 42.0 Å². The number of benzene rings is 7. The molecule has 0 saturated carbocycles. The SMILES string of the molecule is CC(C)c1c2c(c3cccc4c3c1-c1ccccc1-4)OC(c1ccc(F)cc1)(c1ccc(N(c3ccccc3)c3ccccc3)cc1)C=C2. The zero-order valence-electron chi connectivity index (χ0n) is 27.4. The molecule has 236 valence electrons. The van der Waals surface area contributed by atoms with E-state index < -0.39 is 5.60 Å². The van der Waals surface area contributed by atoms with Gasteiger partial charge in [0, 0.05) is 44.5 Å². The summed E-state index contributed by atoms with van der Waals surface area (Å²) in [5, 5.41) is 2.33. The van der Waals surface area contributed by atoms with E-state index in [0.717, 1.165) is 44.9 Å². The van der Waals surface area contributed by atoms with Crippen molar-refractivity contribution in [3.05, 3.63) is 186 Å². The first-order valence-electron chi connectivity index (χ1n) is 16.9. The average molecular weight is 636 g/mol. The topological polar surface area (TPSA) is 12.5 Å². The Balaban J connectivity index is 1.24. The van der Waals surface area contributed by atoms with E-state index in [1.807, 2.05) is 24.3 Å². The number of anilines is 3. The van der Waals surface area contributed by atoms with Crippen molar-refractivity contribution >= 4 is 33.9 Å². The molecule has 1 aliphatic heterocycles. The minimum Gasteiger partial charge on any atom is -0.472 e. The van der Waals surface area contributed by atoms with Crippen molar-refractivity contribution in [3.8, 4) is 28.0 Å². The van der Waals surface area contributed by atoms with Crippen molar-refractivity contribution in [1.29, 1.82) is 0 Å². The van der Waals surface area contributed by atoms with Crippen LogP contribution in [0.5, 0.6) is 5.75 Å². The molecule has 9 rings (SSSR count). The number of hydrogen-bond donors (Lipinski definition) is 0. The van der Waals surface area contributed by atoms with Crippen LogP contribution in [0.4, 0.5) is 21.5 Å². The van der Waals surface area contributed by atoms with Crippen molar-refractivity contribution < 1.29 is 9.13 Å². The smallest absolute Gasteiger partial charge is 0.178 e. The van der Waals surface area contributed by atoms with Crippen molar-refractivity contribution in [3.63, 3.8) is 0 Å². The zero-order valence-corrected chi connectivity index (χ0v) is 27.4. The second-order valence-corrected chi connectivity index (χ2v) is 13.2. The maximum atomic E-state index is 14.4. The normalized spacial score (nSPS) is 15.6. The molecule has 0 fully saturated rings. The monoisotopic (exact) mass is 635 g/mol. The molecule has 1 unspecified atom stereocenters. The third-order valence-electron chi connectivity index (χ3n) is 10.0. The lowest BCUT2D eigenvalue weighted by Crippen LogP contribution is -2.34. The highest BCUT2D eigenvalue weighted by molar-refractivity contribution is 6.19. The van der Waals surface area contributed by atoms with E-state index in [4.69, 9.17) is 4.74 Å². The van der Waals surface area contributed by atoms with E-state index in [0.29, 0.717) is 0 Å². The molecule has 0 saturated heterocycles. The van der Waals surface area contributed by atoms with Gasteiger partial charge in [0.2, 0.25) is 0 Å². The van der Waals surface area contributed by atoms with Crippen LogP contribution in [0.15, 0.2) is 158 Å². The predicted molar refractivity (Wildman–Crippen MR) is 200 cm³/mol. The van der Waals surface area contributed by atoms with E-state index >= 15 is 0 Å². The Morgan fingerprint density at radius 1 is 0.571 bits per heavy atom. The van der Waals surface area contributed by atoms with Crippen LogP contribution in [0, 0.1) is 5.82 Å². The number of halogens is 1. The molecule has 2 nitrogen and oxygen atoms in total. The fourth-order valence-electron chi connectivity index (χ4n) is 7.89. The summed E-state index contributed by atoms with van der Waals surface area (Å²) in [6.45, 7) is 4.53. The lowest BCUT2D eigenvalue weighted by atomic mass is 9.80. The van der Waals surface area contributed by atoms with Gasteiger partial charge in [-0.1, -0.05) is 123 Å². The number of hydrogen-bond acceptors (Lipinski definition) is 2. The standard InChI is InChI=1S/C46H34FNO/c1-30(2)42-41-28-29-46(31-20-24-33(47)25-21-31,49-45(41)40-19-11-18-38-37-16-9-10-17-39(37)44(42)43(38)40)32-22-26-36(27-23-32)48(34-12-5-3-6-13-34)35-14-7-4-8-15-35/h3-30H,1-2H3. The van der Waals surface area contributed by atoms with Crippen LogP contribution in [0.3, 0.4) is 0 Å². The van der Waals surface area contributed by atoms with Crippen molar-refractivity contribution in [2.75, 3.05) is 4.90 Å². The molecule has 0 radical (unpaired) electrons. The number of fused-ring (bicyclic) bond motifs is 5. The fraction of sp³-hybridized carbons (Fsp3) is 0.0870. The summed E-state index contributed by atoms with van der Waals surface area (Å²) in [5.41, 5.74) is 11.5. The first-order chi connectivity index (χ1) is 24.0. The molecule has 7 aromatic rings. The highest BCUT2D eigenvalue weighted by atomic mass is 19.1. The average Bonchev–Trinajstić information content (AvgIpc) is 3.48. The van der Waals surface area contributed by atoms with Gasteiger partial charge >= 0.3 is 0 Å². The van der Waals surface area contributed by atoms with Crippen molar-refractivity contribution in [1.82, 2.24) is 0 Å². The fourth-order valence-corrected chi connectivity index (χ4v) is 7.89. The third kappa shape index (κ3) is 4.53. The van der Waals surface area contributed by atoms with Crippen LogP contribution in [-0.2, 0) is 5.60 Å². The molecule has 49 heavy (non-hydrogen) atoms. The molecule has 1 aliphatic carbocycles. The Labute approximate surface area is 286 Å². The van der Waals surface area contributed by atoms with Crippen molar-refractivity contribution in [2.24, 2.45) is 0 Å². The number of nitrogens with zero attached hydrogens (tertiary/aromatic N) is 1. The first kappa shape index (κ1) is 29.2. The summed E-state index contributed by atoms with van der Waals surface area (Å²) in [4.78, 5) is 2.25. The molecule has 1 heterocycles. The largest absolute Gasteiger partial charge is 0.472 e. The number of para-hydroxylation sites is 2. The Bertz CT molecular complexity index is 2340. The summed E-state index contributed by atoms with van der Waals surface area (Å²) in [6, 6.07) is 51.4. The van der Waals surface area contributed by atoms with Gasteiger partial charge in [0.25, 0.3) is 0 Å². The summed E-state index contributed by atoms with van der Waals surface area (Å²) in [5.74, 6) is 0.852. The summed E-state index contributed by atoms with van der Waals surface area (Å²) in [6.07, 6.45) is 4.41. The van der Waals surface area contributed by atoms with Crippen LogP contribution in [0.25, 0.3) is 39.1 Å². The highest BCUT2D eigenvalue weighted by Crippen LogP contribution is 2.57. The Kier molecular flexibility index (Phi) is 6.77. The molecular weight excluding hydrogens is 602 g/mol. The highest BCUT2D eigenvalue weighted by Gasteiger charge is 2.40. The molecule has 0 aromatic heterocycles. The van der Waals surface area contributed by atoms with E-state index in [1.165, 1.54) is 45.3 Å². The van der Waals surface area contributed by atoms with Gasteiger partial charge in [-0.25, -0.2) is 4.39 Å². The zero-order chi connectivity index (χ0) is 33.1. The van der Waals surface area contributed by atoms with Gasteiger partial charge in [0.15, 0.2) is 5.60 Å².